The largest absolute Gasteiger partial charge is 0.326 e. The summed E-state index contributed by atoms with van der Waals surface area (Å²) in [5.41, 5.74) is 7.13. The van der Waals surface area contributed by atoms with Gasteiger partial charge in [-0.05, 0) is 68.5 Å². The average molecular weight is 377 g/mol. The highest BCUT2D eigenvalue weighted by Crippen LogP contribution is 2.21. The molecule has 0 aliphatic carbocycles. The molecular formula is C23H27N3O2. The SMILES string of the molecule is CCc1cccc(C)c1NC(=O)CCn1c(=O)c(C)nc2cc(C)c(C)cc21. The van der Waals surface area contributed by atoms with Crippen LogP contribution >= 0.6 is 0 Å². The number of carbonyl (C=O) groups excluding carboxylic acids is 1. The summed E-state index contributed by atoms with van der Waals surface area (Å²) in [5.74, 6) is -0.0950. The molecular weight excluding hydrogens is 350 g/mol. The average Bonchev–Trinajstić information content (AvgIpc) is 2.65. The van der Waals surface area contributed by atoms with Crippen LogP contribution in [0.15, 0.2) is 35.1 Å². The lowest BCUT2D eigenvalue weighted by molar-refractivity contribution is -0.116. The summed E-state index contributed by atoms with van der Waals surface area (Å²) in [4.78, 5) is 29.7. The maximum atomic E-state index is 12.7. The number of rotatable bonds is 5. The minimum atomic E-state index is -0.145. The number of benzene rings is 2. The Bertz CT molecular complexity index is 1110. The minimum Gasteiger partial charge on any atom is -0.326 e. The normalized spacial score (nSPS) is 11.0. The molecule has 0 saturated heterocycles. The van der Waals surface area contributed by atoms with E-state index in [0.29, 0.717) is 12.2 Å². The van der Waals surface area contributed by atoms with Gasteiger partial charge in [-0.1, -0.05) is 25.1 Å². The molecule has 0 unspecified atom stereocenters. The van der Waals surface area contributed by atoms with Gasteiger partial charge in [-0.15, -0.1) is 0 Å². The van der Waals surface area contributed by atoms with Crippen LogP contribution in [0.5, 0.6) is 0 Å². The van der Waals surface area contributed by atoms with Crippen molar-refractivity contribution in [2.75, 3.05) is 5.32 Å². The van der Waals surface area contributed by atoms with Crippen molar-refractivity contribution in [3.05, 3.63) is 68.6 Å². The van der Waals surface area contributed by atoms with E-state index in [1.807, 2.05) is 51.1 Å². The zero-order valence-electron chi connectivity index (χ0n) is 17.2. The van der Waals surface area contributed by atoms with Crippen LogP contribution in [0.1, 0.15) is 41.3 Å². The van der Waals surface area contributed by atoms with Gasteiger partial charge in [0.15, 0.2) is 0 Å². The van der Waals surface area contributed by atoms with Crippen molar-refractivity contribution < 1.29 is 4.79 Å². The van der Waals surface area contributed by atoms with Gasteiger partial charge in [-0.2, -0.15) is 0 Å². The fraction of sp³-hybridized carbons (Fsp3) is 0.348. The highest BCUT2D eigenvalue weighted by molar-refractivity contribution is 5.92. The molecule has 0 aliphatic heterocycles. The van der Waals surface area contributed by atoms with Crippen LogP contribution in [0, 0.1) is 27.7 Å². The topological polar surface area (TPSA) is 64.0 Å². The Morgan fingerprint density at radius 2 is 1.79 bits per heavy atom. The molecule has 0 fully saturated rings. The van der Waals surface area contributed by atoms with Crippen LogP contribution < -0.4 is 10.9 Å². The molecule has 1 N–H and O–H groups in total. The minimum absolute atomic E-state index is 0.0950. The van der Waals surface area contributed by atoms with Crippen molar-refractivity contribution in [1.82, 2.24) is 9.55 Å². The molecule has 0 spiro atoms. The maximum absolute atomic E-state index is 12.7. The number of amides is 1. The third kappa shape index (κ3) is 3.84. The van der Waals surface area contributed by atoms with Crippen molar-refractivity contribution in [1.29, 1.82) is 0 Å². The Hall–Kier alpha value is -2.95. The molecule has 1 heterocycles. The van der Waals surface area contributed by atoms with Crippen LogP contribution in [0.25, 0.3) is 11.0 Å². The van der Waals surface area contributed by atoms with Crippen molar-refractivity contribution >= 4 is 22.6 Å². The highest BCUT2D eigenvalue weighted by Gasteiger charge is 2.13. The van der Waals surface area contributed by atoms with Crippen molar-refractivity contribution in [2.24, 2.45) is 0 Å². The van der Waals surface area contributed by atoms with Gasteiger partial charge >= 0.3 is 0 Å². The fourth-order valence-electron chi connectivity index (χ4n) is 3.46. The quantitative estimate of drug-likeness (QED) is 0.724. The smallest absolute Gasteiger partial charge is 0.272 e. The number of carbonyl (C=O) groups is 1. The molecule has 3 rings (SSSR count). The summed E-state index contributed by atoms with van der Waals surface area (Å²) in [5, 5.41) is 3.03. The zero-order chi connectivity index (χ0) is 20.4. The Balaban J connectivity index is 1.88. The molecule has 0 saturated carbocycles. The summed E-state index contributed by atoms with van der Waals surface area (Å²) in [7, 11) is 0. The lowest BCUT2D eigenvalue weighted by Crippen LogP contribution is -2.26. The molecule has 5 heteroatoms. The van der Waals surface area contributed by atoms with Crippen LogP contribution in [-0.4, -0.2) is 15.5 Å². The zero-order valence-corrected chi connectivity index (χ0v) is 17.2. The van der Waals surface area contributed by atoms with Gasteiger partial charge in [0.05, 0.1) is 11.0 Å². The predicted molar refractivity (Wildman–Crippen MR) is 114 cm³/mol. The van der Waals surface area contributed by atoms with Gasteiger partial charge in [-0.3, -0.25) is 9.59 Å². The van der Waals surface area contributed by atoms with Crippen molar-refractivity contribution in [3.8, 4) is 0 Å². The molecule has 146 valence electrons. The van der Waals surface area contributed by atoms with E-state index in [9.17, 15) is 9.59 Å². The fourth-order valence-corrected chi connectivity index (χ4v) is 3.46. The number of anilines is 1. The number of fused-ring (bicyclic) bond motifs is 1. The van der Waals surface area contributed by atoms with E-state index in [1.165, 1.54) is 0 Å². The number of hydrogen-bond donors (Lipinski definition) is 1. The second-order valence-corrected chi connectivity index (χ2v) is 7.34. The number of para-hydroxylation sites is 1. The second kappa shape index (κ2) is 7.97. The third-order valence-corrected chi connectivity index (χ3v) is 5.29. The van der Waals surface area contributed by atoms with Gasteiger partial charge in [0.2, 0.25) is 5.91 Å². The second-order valence-electron chi connectivity index (χ2n) is 7.34. The van der Waals surface area contributed by atoms with Gasteiger partial charge in [0.1, 0.15) is 5.69 Å². The number of aromatic nitrogens is 2. The van der Waals surface area contributed by atoms with E-state index in [0.717, 1.165) is 45.4 Å². The molecule has 0 radical (unpaired) electrons. The highest BCUT2D eigenvalue weighted by atomic mass is 16.2. The first-order chi connectivity index (χ1) is 13.3. The molecule has 2 aromatic carbocycles. The Morgan fingerprint density at radius 1 is 1.07 bits per heavy atom. The van der Waals surface area contributed by atoms with Crippen molar-refractivity contribution in [2.45, 2.75) is 54.0 Å². The predicted octanol–water partition coefficient (Wildman–Crippen LogP) is 4.22. The van der Waals surface area contributed by atoms with Gasteiger partial charge in [0, 0.05) is 18.7 Å². The Kier molecular flexibility index (Phi) is 5.63. The summed E-state index contributed by atoms with van der Waals surface area (Å²) >= 11 is 0. The first kappa shape index (κ1) is 19.8. The molecule has 1 aromatic heterocycles. The summed E-state index contributed by atoms with van der Waals surface area (Å²) in [6.45, 7) is 10.1. The number of nitrogens with zero attached hydrogens (tertiary/aromatic N) is 2. The molecule has 3 aromatic rings. The lowest BCUT2D eigenvalue weighted by atomic mass is 10.1. The van der Waals surface area contributed by atoms with Gasteiger partial charge < -0.3 is 9.88 Å². The molecule has 5 nitrogen and oxygen atoms in total. The molecule has 28 heavy (non-hydrogen) atoms. The van der Waals surface area contributed by atoms with Crippen LogP contribution in [0.3, 0.4) is 0 Å². The first-order valence-electron chi connectivity index (χ1n) is 9.68. The number of nitrogens with one attached hydrogen (secondary N) is 1. The van der Waals surface area contributed by atoms with E-state index in [2.05, 4.69) is 17.2 Å². The first-order valence-corrected chi connectivity index (χ1v) is 9.68. The van der Waals surface area contributed by atoms with E-state index in [1.54, 1.807) is 11.5 Å². The van der Waals surface area contributed by atoms with Crippen LogP contribution in [0.4, 0.5) is 5.69 Å². The van der Waals surface area contributed by atoms with Crippen LogP contribution in [0.2, 0.25) is 0 Å². The van der Waals surface area contributed by atoms with E-state index in [4.69, 9.17) is 0 Å². The van der Waals surface area contributed by atoms with E-state index in [-0.39, 0.29) is 17.9 Å². The summed E-state index contributed by atoms with van der Waals surface area (Å²) in [6, 6.07) is 9.99. The maximum Gasteiger partial charge on any atom is 0.272 e. The monoisotopic (exact) mass is 377 g/mol. The Labute approximate surface area is 165 Å². The van der Waals surface area contributed by atoms with Gasteiger partial charge in [-0.25, -0.2) is 4.98 Å². The molecule has 0 aliphatic rings. The van der Waals surface area contributed by atoms with Crippen LogP contribution in [-0.2, 0) is 17.8 Å². The van der Waals surface area contributed by atoms with E-state index >= 15 is 0 Å². The summed E-state index contributed by atoms with van der Waals surface area (Å²) in [6.07, 6.45) is 1.08. The van der Waals surface area contributed by atoms with E-state index < -0.39 is 0 Å². The molecule has 1 amide bonds. The molecule has 0 atom stereocenters. The summed E-state index contributed by atoms with van der Waals surface area (Å²) < 4.78 is 1.67. The van der Waals surface area contributed by atoms with Crippen molar-refractivity contribution in [3.63, 3.8) is 0 Å². The number of hydrogen-bond acceptors (Lipinski definition) is 3. The standard InChI is InChI=1S/C23H27N3O2/c1-6-18-9-7-8-14(2)22(18)25-21(27)10-11-26-20-13-16(4)15(3)12-19(20)24-17(5)23(26)28/h7-9,12-13H,6,10-11H2,1-5H3,(H,25,27). The van der Waals surface area contributed by atoms with Gasteiger partial charge in [0.25, 0.3) is 5.56 Å². The molecule has 0 bridgehead atoms. The Morgan fingerprint density at radius 3 is 2.50 bits per heavy atom. The lowest BCUT2D eigenvalue weighted by Gasteiger charge is -2.15. The third-order valence-electron chi connectivity index (χ3n) is 5.29. The number of aryl methyl sites for hydroxylation is 6.